The Morgan fingerprint density at radius 3 is 2.85 bits per heavy atom. The maximum Gasteiger partial charge on any atom is 0.311 e. The molecule has 106 valence electrons. The number of hydrogen-bond acceptors (Lipinski definition) is 5. The third-order valence-corrected chi connectivity index (χ3v) is 3.92. The molecule has 0 saturated carbocycles. The average molecular weight is 355 g/mol. The zero-order valence-corrected chi connectivity index (χ0v) is 13.5. The molecule has 1 heterocycles. The Kier molecular flexibility index (Phi) is 5.55. The third kappa shape index (κ3) is 4.61. The lowest BCUT2D eigenvalue weighted by Gasteiger charge is -2.03. The number of hydrogen-bond donors (Lipinski definition) is 1. The van der Waals surface area contributed by atoms with E-state index in [0.29, 0.717) is 13.2 Å². The van der Waals surface area contributed by atoms with Crippen LogP contribution in [0.3, 0.4) is 0 Å². The van der Waals surface area contributed by atoms with E-state index in [4.69, 9.17) is 4.74 Å². The monoisotopic (exact) mass is 354 g/mol. The minimum Gasteiger partial charge on any atom is -0.466 e. The fourth-order valence-corrected chi connectivity index (χ4v) is 2.58. The van der Waals surface area contributed by atoms with E-state index in [0.717, 1.165) is 15.3 Å². The smallest absolute Gasteiger partial charge is 0.311 e. The maximum absolute atomic E-state index is 11.4. The fraction of sp³-hybridized carbons (Fsp3) is 0.286. The molecule has 20 heavy (non-hydrogen) atoms. The predicted molar refractivity (Wildman–Crippen MR) is 83.9 cm³/mol. The van der Waals surface area contributed by atoms with Crippen LogP contribution < -0.4 is 5.32 Å². The van der Waals surface area contributed by atoms with E-state index in [1.54, 1.807) is 6.92 Å². The molecule has 0 fully saturated rings. The lowest BCUT2D eigenvalue weighted by molar-refractivity contribution is -0.142. The van der Waals surface area contributed by atoms with Crippen LogP contribution in [0.25, 0.3) is 0 Å². The van der Waals surface area contributed by atoms with Crippen molar-refractivity contribution in [3.05, 3.63) is 45.4 Å². The van der Waals surface area contributed by atoms with Gasteiger partial charge in [-0.1, -0.05) is 28.1 Å². The Balaban J connectivity index is 1.86. The van der Waals surface area contributed by atoms with Crippen molar-refractivity contribution in [2.24, 2.45) is 0 Å². The normalized spacial score (nSPS) is 10.3. The molecule has 0 radical (unpaired) electrons. The van der Waals surface area contributed by atoms with Crippen LogP contribution in [0, 0.1) is 0 Å². The van der Waals surface area contributed by atoms with Crippen molar-refractivity contribution < 1.29 is 9.53 Å². The molecule has 2 rings (SSSR count). The van der Waals surface area contributed by atoms with Gasteiger partial charge in [0.2, 0.25) is 0 Å². The Morgan fingerprint density at radius 1 is 1.40 bits per heavy atom. The Hall–Kier alpha value is -1.40. The second kappa shape index (κ2) is 7.40. The van der Waals surface area contributed by atoms with Crippen LogP contribution >= 0.6 is 27.3 Å². The standard InChI is InChI=1S/C14H15BrN2O2S/c1-2-19-13(18)7-12-9-20-14(17-12)16-8-10-3-5-11(15)6-4-10/h3-6,9H,2,7-8H2,1H3,(H,16,17). The van der Waals surface area contributed by atoms with Gasteiger partial charge in [-0.05, 0) is 24.6 Å². The predicted octanol–water partition coefficient (Wildman–Crippen LogP) is 3.62. The van der Waals surface area contributed by atoms with Crippen LogP contribution in [0.15, 0.2) is 34.1 Å². The molecule has 1 aromatic heterocycles. The number of halogens is 1. The molecular weight excluding hydrogens is 340 g/mol. The van der Waals surface area contributed by atoms with Gasteiger partial charge in [0.15, 0.2) is 5.13 Å². The molecule has 1 N–H and O–H groups in total. The highest BCUT2D eigenvalue weighted by Crippen LogP contribution is 2.18. The molecule has 0 bridgehead atoms. The van der Waals surface area contributed by atoms with Crippen molar-refractivity contribution >= 4 is 38.4 Å². The van der Waals surface area contributed by atoms with Crippen LogP contribution in [0.1, 0.15) is 18.2 Å². The molecule has 1 aromatic carbocycles. The average Bonchev–Trinajstić information content (AvgIpc) is 2.86. The first-order chi connectivity index (χ1) is 9.67. The van der Waals surface area contributed by atoms with E-state index >= 15 is 0 Å². The molecule has 4 nitrogen and oxygen atoms in total. The fourth-order valence-electron chi connectivity index (χ4n) is 1.61. The van der Waals surface area contributed by atoms with Crippen molar-refractivity contribution in [3.8, 4) is 0 Å². The highest BCUT2D eigenvalue weighted by atomic mass is 79.9. The number of nitrogens with zero attached hydrogens (tertiary/aromatic N) is 1. The first-order valence-electron chi connectivity index (χ1n) is 6.25. The number of esters is 1. The summed E-state index contributed by atoms with van der Waals surface area (Å²) in [5, 5.41) is 5.93. The second-order valence-electron chi connectivity index (χ2n) is 4.11. The van der Waals surface area contributed by atoms with E-state index in [2.05, 4.69) is 26.2 Å². The van der Waals surface area contributed by atoms with Crippen molar-refractivity contribution in [2.75, 3.05) is 11.9 Å². The molecule has 0 saturated heterocycles. The van der Waals surface area contributed by atoms with E-state index < -0.39 is 0 Å². The van der Waals surface area contributed by atoms with Crippen molar-refractivity contribution in [3.63, 3.8) is 0 Å². The molecule has 0 aliphatic heterocycles. The van der Waals surface area contributed by atoms with Gasteiger partial charge >= 0.3 is 5.97 Å². The van der Waals surface area contributed by atoms with Crippen LogP contribution in [0.5, 0.6) is 0 Å². The lowest BCUT2D eigenvalue weighted by atomic mass is 10.2. The van der Waals surface area contributed by atoms with Gasteiger partial charge in [-0.3, -0.25) is 4.79 Å². The van der Waals surface area contributed by atoms with Crippen molar-refractivity contribution in [2.45, 2.75) is 19.9 Å². The highest BCUT2D eigenvalue weighted by molar-refractivity contribution is 9.10. The summed E-state index contributed by atoms with van der Waals surface area (Å²) in [6, 6.07) is 8.10. The summed E-state index contributed by atoms with van der Waals surface area (Å²) in [5.41, 5.74) is 1.92. The Labute approximate surface area is 130 Å². The number of carbonyl (C=O) groups is 1. The van der Waals surface area contributed by atoms with Crippen LogP contribution in [0.4, 0.5) is 5.13 Å². The summed E-state index contributed by atoms with van der Waals surface area (Å²) >= 11 is 4.90. The van der Waals surface area contributed by atoms with Crippen LogP contribution in [0.2, 0.25) is 0 Å². The number of ether oxygens (including phenoxy) is 1. The number of aromatic nitrogens is 1. The topological polar surface area (TPSA) is 51.2 Å². The Morgan fingerprint density at radius 2 is 2.15 bits per heavy atom. The number of carbonyl (C=O) groups excluding carboxylic acids is 1. The maximum atomic E-state index is 11.4. The lowest BCUT2D eigenvalue weighted by Crippen LogP contribution is -2.07. The van der Waals surface area contributed by atoms with Gasteiger partial charge < -0.3 is 10.1 Å². The molecule has 0 aliphatic carbocycles. The van der Waals surface area contributed by atoms with Gasteiger partial charge in [0.25, 0.3) is 0 Å². The summed E-state index contributed by atoms with van der Waals surface area (Å²) in [5.74, 6) is -0.239. The van der Waals surface area contributed by atoms with Gasteiger partial charge in [0, 0.05) is 16.4 Å². The molecule has 0 atom stereocenters. The first kappa shape index (κ1) is 15.0. The molecule has 0 aliphatic rings. The Bertz CT molecular complexity index is 569. The van der Waals surface area contributed by atoms with Gasteiger partial charge in [-0.2, -0.15) is 0 Å². The summed E-state index contributed by atoms with van der Waals surface area (Å²) in [4.78, 5) is 15.7. The molecular formula is C14H15BrN2O2S. The van der Waals surface area contributed by atoms with E-state index in [9.17, 15) is 4.79 Å². The molecule has 6 heteroatoms. The quantitative estimate of drug-likeness (QED) is 0.804. The van der Waals surface area contributed by atoms with Crippen LogP contribution in [-0.4, -0.2) is 17.6 Å². The third-order valence-electron chi connectivity index (χ3n) is 2.54. The minimum atomic E-state index is -0.239. The van der Waals surface area contributed by atoms with Gasteiger partial charge in [-0.15, -0.1) is 11.3 Å². The molecule has 0 spiro atoms. The van der Waals surface area contributed by atoms with Crippen molar-refractivity contribution in [1.82, 2.24) is 4.98 Å². The summed E-state index contributed by atoms with van der Waals surface area (Å²) < 4.78 is 5.96. The van der Waals surface area contributed by atoms with Crippen molar-refractivity contribution in [1.29, 1.82) is 0 Å². The highest BCUT2D eigenvalue weighted by Gasteiger charge is 2.08. The van der Waals surface area contributed by atoms with E-state index in [1.165, 1.54) is 16.9 Å². The summed E-state index contributed by atoms with van der Waals surface area (Å²) in [7, 11) is 0. The second-order valence-corrected chi connectivity index (χ2v) is 5.88. The van der Waals surface area contributed by atoms with E-state index in [1.807, 2.05) is 29.6 Å². The zero-order valence-electron chi connectivity index (χ0n) is 11.1. The largest absolute Gasteiger partial charge is 0.466 e. The van der Waals surface area contributed by atoms with Crippen LogP contribution in [-0.2, 0) is 22.5 Å². The number of thiazole rings is 1. The number of anilines is 1. The summed E-state index contributed by atoms with van der Waals surface area (Å²) in [6.45, 7) is 2.90. The molecule has 0 unspecified atom stereocenters. The summed E-state index contributed by atoms with van der Waals surface area (Å²) in [6.07, 6.45) is 0.226. The van der Waals surface area contributed by atoms with E-state index in [-0.39, 0.29) is 12.4 Å². The molecule has 2 aromatic rings. The SMILES string of the molecule is CCOC(=O)Cc1csc(NCc2ccc(Br)cc2)n1. The first-order valence-corrected chi connectivity index (χ1v) is 7.93. The zero-order chi connectivity index (χ0) is 14.4. The molecule has 0 amide bonds. The van der Waals surface area contributed by atoms with Gasteiger partial charge in [0.1, 0.15) is 0 Å². The number of rotatable bonds is 6. The van der Waals surface area contributed by atoms with Gasteiger partial charge in [-0.25, -0.2) is 4.98 Å². The number of benzene rings is 1. The number of nitrogens with one attached hydrogen (secondary N) is 1. The van der Waals surface area contributed by atoms with Gasteiger partial charge in [0.05, 0.1) is 18.7 Å². The minimum absolute atomic E-state index is 0.226.